The summed E-state index contributed by atoms with van der Waals surface area (Å²) in [6.07, 6.45) is -1.80. The quantitative estimate of drug-likeness (QED) is 0.593. The lowest BCUT2D eigenvalue weighted by atomic mass is 10.2. The first-order chi connectivity index (χ1) is 7.04. The number of halogens is 3. The summed E-state index contributed by atoms with van der Waals surface area (Å²) in [6, 6.07) is 2.72. The first-order valence-corrected chi connectivity index (χ1v) is 4.87. The third-order valence-corrected chi connectivity index (χ3v) is 2.54. The van der Waals surface area contributed by atoms with E-state index >= 15 is 0 Å². The number of alkyl halides is 3. The van der Waals surface area contributed by atoms with E-state index in [-0.39, 0.29) is 5.75 Å². The van der Waals surface area contributed by atoms with Crippen LogP contribution >= 0.6 is 11.8 Å². The number of aromatic nitrogens is 2. The Balaban J connectivity index is 2.54. The lowest BCUT2D eigenvalue weighted by Gasteiger charge is -2.11. The van der Waals surface area contributed by atoms with Gasteiger partial charge in [0, 0.05) is 11.9 Å². The molecule has 0 aromatic carbocycles. The predicted octanol–water partition coefficient (Wildman–Crippen LogP) is 2.27. The highest BCUT2D eigenvalue weighted by atomic mass is 32.2. The Hall–Kier alpha value is -1.29. The Morgan fingerprint density at radius 3 is 2.73 bits per heavy atom. The standard InChI is InChI=1S/C8H6F3N3S/c9-8(10,11)6(3-12)4-15-7-1-2-13-5-14-7/h1-2,5-6H,4H2. The molecule has 0 aliphatic rings. The Labute approximate surface area is 88.3 Å². The van der Waals surface area contributed by atoms with Crippen LogP contribution in [-0.2, 0) is 0 Å². The Morgan fingerprint density at radius 1 is 1.53 bits per heavy atom. The normalized spacial score (nSPS) is 13.2. The van der Waals surface area contributed by atoms with Gasteiger partial charge in [-0.2, -0.15) is 18.4 Å². The molecule has 3 nitrogen and oxygen atoms in total. The molecule has 0 aliphatic carbocycles. The lowest BCUT2D eigenvalue weighted by Crippen LogP contribution is -2.23. The number of nitrogens with zero attached hydrogens (tertiary/aromatic N) is 3. The third kappa shape index (κ3) is 3.75. The van der Waals surface area contributed by atoms with Gasteiger partial charge in [-0.05, 0) is 6.07 Å². The minimum absolute atomic E-state index is 0.350. The lowest BCUT2D eigenvalue weighted by molar-refractivity contribution is -0.152. The van der Waals surface area contributed by atoms with Crippen LogP contribution in [0.3, 0.4) is 0 Å². The van der Waals surface area contributed by atoms with Crippen molar-refractivity contribution in [2.75, 3.05) is 5.75 Å². The minimum atomic E-state index is -4.48. The van der Waals surface area contributed by atoms with Gasteiger partial charge < -0.3 is 0 Å². The molecule has 1 aromatic rings. The van der Waals surface area contributed by atoms with Gasteiger partial charge in [-0.15, -0.1) is 11.8 Å². The fraction of sp³-hybridized carbons (Fsp3) is 0.375. The van der Waals surface area contributed by atoms with Crippen LogP contribution in [0.25, 0.3) is 0 Å². The van der Waals surface area contributed by atoms with E-state index in [0.29, 0.717) is 5.03 Å². The maximum Gasteiger partial charge on any atom is 0.405 e. The summed E-state index contributed by atoms with van der Waals surface area (Å²) < 4.78 is 36.5. The molecule has 1 rings (SSSR count). The molecule has 7 heteroatoms. The zero-order valence-corrected chi connectivity index (χ0v) is 8.22. The summed E-state index contributed by atoms with van der Waals surface area (Å²) in [7, 11) is 0. The summed E-state index contributed by atoms with van der Waals surface area (Å²) in [5, 5.41) is 8.75. The molecule has 0 radical (unpaired) electrons. The zero-order valence-electron chi connectivity index (χ0n) is 7.40. The van der Waals surface area contributed by atoms with Gasteiger partial charge in [-0.1, -0.05) is 0 Å². The Bertz CT molecular complexity index is 346. The van der Waals surface area contributed by atoms with Gasteiger partial charge >= 0.3 is 6.18 Å². The van der Waals surface area contributed by atoms with Crippen LogP contribution in [0.2, 0.25) is 0 Å². The minimum Gasteiger partial charge on any atom is -0.245 e. The van der Waals surface area contributed by atoms with E-state index in [1.54, 1.807) is 0 Å². The summed E-state index contributed by atoms with van der Waals surface area (Å²) in [6.45, 7) is 0. The fourth-order valence-electron chi connectivity index (χ4n) is 0.738. The second kappa shape index (κ2) is 4.98. The smallest absolute Gasteiger partial charge is 0.245 e. The molecule has 1 aromatic heterocycles. The maximum atomic E-state index is 12.2. The van der Waals surface area contributed by atoms with Crippen LogP contribution in [0.15, 0.2) is 23.6 Å². The van der Waals surface area contributed by atoms with Gasteiger partial charge in [-0.25, -0.2) is 9.97 Å². The van der Waals surface area contributed by atoms with E-state index in [2.05, 4.69) is 9.97 Å². The molecular weight excluding hydrogens is 227 g/mol. The first kappa shape index (κ1) is 11.8. The van der Waals surface area contributed by atoms with Crippen LogP contribution in [0.4, 0.5) is 13.2 Å². The van der Waals surface area contributed by atoms with E-state index < -0.39 is 12.1 Å². The highest BCUT2D eigenvalue weighted by Gasteiger charge is 2.39. The molecule has 0 aliphatic heterocycles. The van der Waals surface area contributed by atoms with E-state index in [1.807, 2.05) is 0 Å². The fourth-order valence-corrected chi connectivity index (χ4v) is 1.62. The molecular formula is C8H6F3N3S. The van der Waals surface area contributed by atoms with Gasteiger partial charge in [0.25, 0.3) is 0 Å². The Kier molecular flexibility index (Phi) is 3.91. The van der Waals surface area contributed by atoms with Crippen molar-refractivity contribution >= 4 is 11.8 Å². The Morgan fingerprint density at radius 2 is 2.27 bits per heavy atom. The zero-order chi connectivity index (χ0) is 11.3. The van der Waals surface area contributed by atoms with Crippen LogP contribution in [-0.4, -0.2) is 21.9 Å². The summed E-state index contributed by atoms with van der Waals surface area (Å²) in [5.74, 6) is -2.31. The number of hydrogen-bond donors (Lipinski definition) is 0. The van der Waals surface area contributed by atoms with Crippen LogP contribution in [0.5, 0.6) is 0 Å². The molecule has 15 heavy (non-hydrogen) atoms. The molecule has 1 heterocycles. The van der Waals surface area contributed by atoms with Crippen LogP contribution < -0.4 is 0 Å². The third-order valence-electron chi connectivity index (χ3n) is 1.50. The average molecular weight is 233 g/mol. The topological polar surface area (TPSA) is 49.6 Å². The van der Waals surface area contributed by atoms with E-state index in [9.17, 15) is 13.2 Å². The van der Waals surface area contributed by atoms with E-state index in [4.69, 9.17) is 5.26 Å². The van der Waals surface area contributed by atoms with Gasteiger partial charge in [0.05, 0.1) is 11.1 Å². The second-order valence-electron chi connectivity index (χ2n) is 2.58. The van der Waals surface area contributed by atoms with Gasteiger partial charge in [0.1, 0.15) is 6.33 Å². The summed E-state index contributed by atoms with van der Waals surface area (Å²) >= 11 is 0.886. The molecule has 0 saturated heterocycles. The highest BCUT2D eigenvalue weighted by molar-refractivity contribution is 7.99. The molecule has 1 atom stereocenters. The van der Waals surface area contributed by atoms with Crippen LogP contribution in [0.1, 0.15) is 0 Å². The largest absolute Gasteiger partial charge is 0.405 e. The van der Waals surface area contributed by atoms with Crippen molar-refractivity contribution in [3.05, 3.63) is 18.6 Å². The number of hydrogen-bond acceptors (Lipinski definition) is 4. The molecule has 0 N–H and O–H groups in total. The predicted molar refractivity (Wildman–Crippen MR) is 47.9 cm³/mol. The molecule has 0 saturated carbocycles. The molecule has 0 bridgehead atoms. The van der Waals surface area contributed by atoms with Crippen molar-refractivity contribution < 1.29 is 13.2 Å². The average Bonchev–Trinajstić information content (AvgIpc) is 2.18. The van der Waals surface area contributed by atoms with Crippen molar-refractivity contribution in [1.29, 1.82) is 5.26 Å². The van der Waals surface area contributed by atoms with Crippen molar-refractivity contribution in [1.82, 2.24) is 9.97 Å². The summed E-state index contributed by atoms with van der Waals surface area (Å²) in [5.41, 5.74) is 0. The molecule has 80 valence electrons. The van der Waals surface area contributed by atoms with E-state index in [1.165, 1.54) is 24.7 Å². The number of nitriles is 1. The molecule has 0 fully saturated rings. The molecule has 0 amide bonds. The van der Waals surface area contributed by atoms with Gasteiger partial charge in [0.15, 0.2) is 5.92 Å². The first-order valence-electron chi connectivity index (χ1n) is 3.89. The highest BCUT2D eigenvalue weighted by Crippen LogP contribution is 2.30. The number of rotatable bonds is 3. The SMILES string of the molecule is N#CC(CSc1ccncn1)C(F)(F)F. The van der Waals surface area contributed by atoms with Crippen molar-refractivity contribution in [3.63, 3.8) is 0 Å². The van der Waals surface area contributed by atoms with Crippen molar-refractivity contribution in [2.45, 2.75) is 11.2 Å². The summed E-state index contributed by atoms with van der Waals surface area (Å²) in [4.78, 5) is 7.37. The van der Waals surface area contributed by atoms with Gasteiger partial charge in [-0.3, -0.25) is 0 Å². The van der Waals surface area contributed by atoms with E-state index in [0.717, 1.165) is 11.8 Å². The monoisotopic (exact) mass is 233 g/mol. The van der Waals surface area contributed by atoms with Crippen molar-refractivity contribution in [2.24, 2.45) is 5.92 Å². The maximum absolute atomic E-state index is 12.2. The molecule has 0 spiro atoms. The van der Waals surface area contributed by atoms with Gasteiger partial charge in [0.2, 0.25) is 0 Å². The van der Waals surface area contributed by atoms with Crippen molar-refractivity contribution in [3.8, 4) is 6.07 Å². The second-order valence-corrected chi connectivity index (χ2v) is 3.62. The van der Waals surface area contributed by atoms with Crippen LogP contribution in [0, 0.1) is 17.2 Å². The molecule has 1 unspecified atom stereocenters. The number of thioether (sulfide) groups is 1.